The summed E-state index contributed by atoms with van der Waals surface area (Å²) in [5.74, 6) is 0.642. The van der Waals surface area contributed by atoms with Gasteiger partial charge in [-0.25, -0.2) is 0 Å². The van der Waals surface area contributed by atoms with Crippen molar-refractivity contribution >= 4 is 29.1 Å². The quantitative estimate of drug-likeness (QED) is 0.711. The molecule has 2 atom stereocenters. The van der Waals surface area contributed by atoms with Gasteiger partial charge in [0.25, 0.3) is 0 Å². The second kappa shape index (κ2) is 7.34. The van der Waals surface area contributed by atoms with Crippen LogP contribution in [0.15, 0.2) is 60.7 Å². The smallest absolute Gasteiger partial charge is 0.224 e. The molecule has 3 aromatic rings. The van der Waals surface area contributed by atoms with E-state index in [1.807, 2.05) is 0 Å². The van der Waals surface area contributed by atoms with E-state index in [0.29, 0.717) is 12.5 Å². The highest BCUT2D eigenvalue weighted by Crippen LogP contribution is 2.49. The first-order valence-corrected chi connectivity index (χ1v) is 9.36. The lowest BCUT2D eigenvalue weighted by Gasteiger charge is -2.08. The van der Waals surface area contributed by atoms with E-state index in [9.17, 15) is 4.79 Å². The summed E-state index contributed by atoms with van der Waals surface area (Å²) < 4.78 is 0. The van der Waals surface area contributed by atoms with Gasteiger partial charge in [-0.05, 0) is 45.4 Å². The SMILES string of the molecule is Cl.O=C(NCc1ccc2c(c1)CNC2)C1CC1c1cccc2ccccc12. The monoisotopic (exact) mass is 378 g/mol. The molecule has 0 radical (unpaired) electrons. The second-order valence-electron chi connectivity index (χ2n) is 7.44. The summed E-state index contributed by atoms with van der Waals surface area (Å²) in [7, 11) is 0. The average Bonchev–Trinajstić information content (AvgIpc) is 3.34. The van der Waals surface area contributed by atoms with Gasteiger partial charge in [0, 0.05) is 25.6 Å². The Morgan fingerprint density at radius 2 is 1.81 bits per heavy atom. The van der Waals surface area contributed by atoms with Crippen LogP contribution in [-0.4, -0.2) is 5.91 Å². The molecule has 1 aliphatic carbocycles. The fraction of sp³-hybridized carbons (Fsp3) is 0.261. The van der Waals surface area contributed by atoms with Crippen LogP contribution in [0.2, 0.25) is 0 Å². The van der Waals surface area contributed by atoms with Crippen LogP contribution < -0.4 is 10.6 Å². The molecule has 1 aliphatic heterocycles. The van der Waals surface area contributed by atoms with Crippen molar-refractivity contribution in [2.75, 3.05) is 0 Å². The zero-order valence-electron chi connectivity index (χ0n) is 15.1. The van der Waals surface area contributed by atoms with Crippen LogP contribution in [0.4, 0.5) is 0 Å². The number of carbonyl (C=O) groups is 1. The van der Waals surface area contributed by atoms with Crippen LogP contribution in [0, 0.1) is 5.92 Å². The summed E-state index contributed by atoms with van der Waals surface area (Å²) >= 11 is 0. The van der Waals surface area contributed by atoms with E-state index in [0.717, 1.165) is 19.5 Å². The molecule has 138 valence electrons. The van der Waals surface area contributed by atoms with Crippen molar-refractivity contribution in [3.8, 4) is 0 Å². The van der Waals surface area contributed by atoms with Crippen molar-refractivity contribution in [2.45, 2.75) is 32.0 Å². The van der Waals surface area contributed by atoms with Gasteiger partial charge in [0.1, 0.15) is 0 Å². The molecule has 1 heterocycles. The Hall–Kier alpha value is -2.36. The van der Waals surface area contributed by atoms with E-state index in [1.54, 1.807) is 0 Å². The number of amides is 1. The largest absolute Gasteiger partial charge is 0.352 e. The van der Waals surface area contributed by atoms with E-state index in [2.05, 4.69) is 71.3 Å². The van der Waals surface area contributed by atoms with Crippen molar-refractivity contribution in [3.05, 3.63) is 82.9 Å². The lowest BCUT2D eigenvalue weighted by molar-refractivity contribution is -0.122. The standard InChI is InChI=1S/C23H22N2O.ClH/c26-23(25-12-15-8-9-17-13-24-14-18(17)10-15)22-11-21(22)20-7-3-5-16-4-1-2-6-19(16)20;/h1-10,21-22,24H,11-14H2,(H,25,26);1H. The molecule has 0 saturated heterocycles. The molecule has 0 spiro atoms. The molecule has 4 heteroatoms. The molecule has 0 bridgehead atoms. The maximum Gasteiger partial charge on any atom is 0.224 e. The van der Waals surface area contributed by atoms with Crippen LogP contribution in [0.3, 0.4) is 0 Å². The predicted octanol–water partition coefficient (Wildman–Crippen LogP) is 4.28. The molecule has 1 amide bonds. The van der Waals surface area contributed by atoms with Gasteiger partial charge >= 0.3 is 0 Å². The first-order valence-electron chi connectivity index (χ1n) is 9.36. The fourth-order valence-corrected chi connectivity index (χ4v) is 4.18. The van der Waals surface area contributed by atoms with Gasteiger partial charge in [-0.3, -0.25) is 4.79 Å². The maximum atomic E-state index is 12.6. The van der Waals surface area contributed by atoms with E-state index in [1.165, 1.54) is 33.0 Å². The zero-order valence-corrected chi connectivity index (χ0v) is 15.9. The average molecular weight is 379 g/mol. The summed E-state index contributed by atoms with van der Waals surface area (Å²) in [6.45, 7) is 2.50. The molecule has 5 rings (SSSR count). The highest BCUT2D eigenvalue weighted by atomic mass is 35.5. The van der Waals surface area contributed by atoms with Crippen molar-refractivity contribution in [2.24, 2.45) is 5.92 Å². The number of hydrogen-bond acceptors (Lipinski definition) is 2. The molecule has 3 aromatic carbocycles. The number of fused-ring (bicyclic) bond motifs is 2. The number of carbonyl (C=O) groups excluding carboxylic acids is 1. The van der Waals surface area contributed by atoms with E-state index < -0.39 is 0 Å². The Bertz CT molecular complexity index is 995. The van der Waals surface area contributed by atoms with Crippen LogP contribution in [0.25, 0.3) is 10.8 Å². The minimum Gasteiger partial charge on any atom is -0.352 e. The first kappa shape index (κ1) is 18.0. The summed E-state index contributed by atoms with van der Waals surface area (Å²) in [5.41, 5.74) is 5.23. The molecule has 2 unspecified atom stereocenters. The van der Waals surface area contributed by atoms with E-state index in [-0.39, 0.29) is 24.2 Å². The van der Waals surface area contributed by atoms with Gasteiger partial charge in [-0.2, -0.15) is 0 Å². The van der Waals surface area contributed by atoms with Crippen molar-refractivity contribution < 1.29 is 4.79 Å². The number of nitrogens with one attached hydrogen (secondary N) is 2. The fourth-order valence-electron chi connectivity index (χ4n) is 4.18. The third-order valence-corrected chi connectivity index (χ3v) is 5.72. The molecular weight excluding hydrogens is 356 g/mol. The van der Waals surface area contributed by atoms with Gasteiger partial charge in [0.15, 0.2) is 0 Å². The van der Waals surface area contributed by atoms with Crippen LogP contribution in [0.1, 0.15) is 34.6 Å². The summed E-state index contributed by atoms with van der Waals surface area (Å²) in [5, 5.41) is 9.03. The van der Waals surface area contributed by atoms with Crippen LogP contribution in [-0.2, 0) is 24.4 Å². The van der Waals surface area contributed by atoms with Crippen molar-refractivity contribution in [1.29, 1.82) is 0 Å². The normalized spacial score (nSPS) is 20.0. The van der Waals surface area contributed by atoms with Crippen LogP contribution in [0.5, 0.6) is 0 Å². The molecule has 27 heavy (non-hydrogen) atoms. The summed E-state index contributed by atoms with van der Waals surface area (Å²) in [6, 6.07) is 21.4. The summed E-state index contributed by atoms with van der Waals surface area (Å²) in [4.78, 5) is 12.6. The Labute approximate surface area is 165 Å². The predicted molar refractivity (Wildman–Crippen MR) is 111 cm³/mol. The second-order valence-corrected chi connectivity index (χ2v) is 7.44. The number of benzene rings is 3. The minimum absolute atomic E-state index is 0. The number of rotatable bonds is 4. The van der Waals surface area contributed by atoms with Gasteiger partial charge < -0.3 is 10.6 Å². The number of hydrogen-bond donors (Lipinski definition) is 2. The topological polar surface area (TPSA) is 41.1 Å². The lowest BCUT2D eigenvalue weighted by atomic mass is 10.00. The molecular formula is C23H23ClN2O. The third-order valence-electron chi connectivity index (χ3n) is 5.72. The molecule has 3 nitrogen and oxygen atoms in total. The first-order chi connectivity index (χ1) is 12.8. The highest BCUT2D eigenvalue weighted by molar-refractivity contribution is 5.89. The van der Waals surface area contributed by atoms with Gasteiger partial charge in [0.2, 0.25) is 5.91 Å². The van der Waals surface area contributed by atoms with Crippen molar-refractivity contribution in [3.63, 3.8) is 0 Å². The van der Waals surface area contributed by atoms with Gasteiger partial charge in [0.05, 0.1) is 0 Å². The minimum atomic E-state index is 0. The zero-order chi connectivity index (χ0) is 17.5. The van der Waals surface area contributed by atoms with Crippen molar-refractivity contribution in [1.82, 2.24) is 10.6 Å². The lowest BCUT2D eigenvalue weighted by Crippen LogP contribution is -2.25. The summed E-state index contributed by atoms with van der Waals surface area (Å²) in [6.07, 6.45) is 0.952. The molecule has 1 fully saturated rings. The van der Waals surface area contributed by atoms with Gasteiger partial charge in [-0.1, -0.05) is 60.7 Å². The molecule has 0 aromatic heterocycles. The Kier molecular flexibility index (Phi) is 4.90. The molecule has 2 aliphatic rings. The Morgan fingerprint density at radius 1 is 1.00 bits per heavy atom. The van der Waals surface area contributed by atoms with E-state index >= 15 is 0 Å². The maximum absolute atomic E-state index is 12.6. The third kappa shape index (κ3) is 3.45. The Morgan fingerprint density at radius 3 is 2.74 bits per heavy atom. The van der Waals surface area contributed by atoms with Crippen LogP contribution >= 0.6 is 12.4 Å². The number of halogens is 1. The Balaban J connectivity index is 0.00000180. The molecule has 1 saturated carbocycles. The van der Waals surface area contributed by atoms with E-state index in [4.69, 9.17) is 0 Å². The molecule has 2 N–H and O–H groups in total. The van der Waals surface area contributed by atoms with Gasteiger partial charge in [-0.15, -0.1) is 12.4 Å². The highest BCUT2D eigenvalue weighted by Gasteiger charge is 2.44.